The minimum atomic E-state index is -1.50. The molecule has 2 N–H and O–H groups in total. The summed E-state index contributed by atoms with van der Waals surface area (Å²) < 4.78 is 1.16. The largest absolute Gasteiger partial charge is 0.344 e. The van der Waals surface area contributed by atoms with Crippen LogP contribution in [0.2, 0.25) is 0 Å². The Kier molecular flexibility index (Phi) is 5.45. The van der Waals surface area contributed by atoms with E-state index in [1.54, 1.807) is 48.5 Å². The molecule has 1 aliphatic rings. The SMILES string of the molecule is Cc1sc2ncn(CC(=O)NN3C(=O)NC(c4ccccc4)(c4ccccc4)C3=O)c(=O)c2c1C. The Labute approximate surface area is 204 Å². The second-order valence-electron chi connectivity index (χ2n) is 8.23. The van der Waals surface area contributed by atoms with Crippen molar-refractivity contribution in [3.05, 3.63) is 98.9 Å². The first-order valence-corrected chi connectivity index (χ1v) is 11.7. The molecule has 2 aromatic heterocycles. The first kappa shape index (κ1) is 22.5. The fourth-order valence-electron chi connectivity index (χ4n) is 4.26. The summed E-state index contributed by atoms with van der Waals surface area (Å²) in [5.74, 6) is -1.36. The summed E-state index contributed by atoms with van der Waals surface area (Å²) in [7, 11) is 0. The Morgan fingerprint density at radius 3 is 2.20 bits per heavy atom. The minimum Gasteiger partial charge on any atom is -0.314 e. The van der Waals surface area contributed by atoms with Gasteiger partial charge in [-0.1, -0.05) is 60.7 Å². The van der Waals surface area contributed by atoms with E-state index < -0.39 is 29.9 Å². The first-order valence-electron chi connectivity index (χ1n) is 10.9. The Bertz CT molecular complexity index is 1490. The highest BCUT2D eigenvalue weighted by Gasteiger charge is 2.54. The van der Waals surface area contributed by atoms with Gasteiger partial charge < -0.3 is 5.32 Å². The van der Waals surface area contributed by atoms with Crippen LogP contribution in [0.4, 0.5) is 4.79 Å². The van der Waals surface area contributed by atoms with Crippen molar-refractivity contribution in [1.29, 1.82) is 0 Å². The number of hydrazine groups is 1. The number of nitrogens with one attached hydrogen (secondary N) is 2. The second-order valence-corrected chi connectivity index (χ2v) is 9.43. The maximum atomic E-state index is 13.7. The molecular weight excluding hydrogens is 466 g/mol. The lowest BCUT2D eigenvalue weighted by Crippen LogP contribution is -2.50. The van der Waals surface area contributed by atoms with Crippen LogP contribution in [0.5, 0.6) is 0 Å². The first-order chi connectivity index (χ1) is 16.8. The van der Waals surface area contributed by atoms with Crippen molar-refractivity contribution in [3.8, 4) is 0 Å². The predicted molar refractivity (Wildman–Crippen MR) is 131 cm³/mol. The molecule has 0 saturated carbocycles. The maximum absolute atomic E-state index is 13.7. The Morgan fingerprint density at radius 1 is 1.00 bits per heavy atom. The number of amides is 4. The molecule has 10 heteroatoms. The van der Waals surface area contributed by atoms with Crippen molar-refractivity contribution in [3.63, 3.8) is 0 Å². The average Bonchev–Trinajstić information content (AvgIpc) is 3.30. The van der Waals surface area contributed by atoms with Gasteiger partial charge in [0.25, 0.3) is 17.4 Å². The number of urea groups is 1. The third-order valence-corrected chi connectivity index (χ3v) is 7.26. The van der Waals surface area contributed by atoms with Crippen molar-refractivity contribution in [2.24, 2.45) is 0 Å². The summed E-state index contributed by atoms with van der Waals surface area (Å²) in [5, 5.41) is 3.89. The van der Waals surface area contributed by atoms with Crippen molar-refractivity contribution < 1.29 is 14.4 Å². The number of thiophene rings is 1. The molecule has 176 valence electrons. The molecule has 0 radical (unpaired) electrons. The van der Waals surface area contributed by atoms with Gasteiger partial charge in [-0.15, -0.1) is 11.3 Å². The molecule has 0 spiro atoms. The van der Waals surface area contributed by atoms with Crippen LogP contribution in [-0.4, -0.2) is 32.4 Å². The molecule has 5 rings (SSSR count). The van der Waals surface area contributed by atoms with E-state index in [1.807, 2.05) is 26.0 Å². The van der Waals surface area contributed by atoms with Gasteiger partial charge in [-0.25, -0.2) is 9.78 Å². The summed E-state index contributed by atoms with van der Waals surface area (Å²) in [5.41, 5.74) is 2.43. The number of fused-ring (bicyclic) bond motifs is 1. The van der Waals surface area contributed by atoms with Crippen molar-refractivity contribution in [1.82, 2.24) is 25.3 Å². The van der Waals surface area contributed by atoms with Crippen LogP contribution >= 0.6 is 11.3 Å². The highest BCUT2D eigenvalue weighted by atomic mass is 32.1. The van der Waals surface area contributed by atoms with E-state index >= 15 is 0 Å². The number of carbonyl (C=O) groups excluding carboxylic acids is 3. The molecule has 4 amide bonds. The highest BCUT2D eigenvalue weighted by Crippen LogP contribution is 2.35. The van der Waals surface area contributed by atoms with Crippen LogP contribution in [0.1, 0.15) is 21.6 Å². The van der Waals surface area contributed by atoms with E-state index in [9.17, 15) is 19.2 Å². The van der Waals surface area contributed by atoms with Crippen molar-refractivity contribution in [2.45, 2.75) is 25.9 Å². The zero-order valence-electron chi connectivity index (χ0n) is 18.9. The topological polar surface area (TPSA) is 113 Å². The van der Waals surface area contributed by atoms with Gasteiger partial charge >= 0.3 is 6.03 Å². The Balaban J connectivity index is 1.45. The van der Waals surface area contributed by atoms with E-state index in [0.29, 0.717) is 26.4 Å². The number of carbonyl (C=O) groups is 3. The molecule has 9 nitrogen and oxygen atoms in total. The van der Waals surface area contributed by atoms with Crippen LogP contribution in [0, 0.1) is 13.8 Å². The van der Waals surface area contributed by atoms with Crippen LogP contribution in [0.25, 0.3) is 10.2 Å². The molecule has 35 heavy (non-hydrogen) atoms. The Hall–Kier alpha value is -4.31. The molecule has 0 aliphatic carbocycles. The zero-order valence-corrected chi connectivity index (χ0v) is 19.8. The van der Waals surface area contributed by atoms with Gasteiger partial charge in [0.15, 0.2) is 5.54 Å². The predicted octanol–water partition coefficient (Wildman–Crippen LogP) is 2.60. The van der Waals surface area contributed by atoms with E-state index in [4.69, 9.17) is 0 Å². The third-order valence-electron chi connectivity index (χ3n) is 6.14. The van der Waals surface area contributed by atoms with Gasteiger partial charge in [0.1, 0.15) is 11.4 Å². The fourth-order valence-corrected chi connectivity index (χ4v) is 5.25. The van der Waals surface area contributed by atoms with Crippen LogP contribution < -0.4 is 16.3 Å². The number of nitrogens with zero attached hydrogens (tertiary/aromatic N) is 3. The van der Waals surface area contributed by atoms with Gasteiger partial charge in [-0.3, -0.25) is 24.4 Å². The molecule has 3 heterocycles. The van der Waals surface area contributed by atoms with Gasteiger partial charge in [0, 0.05) is 4.88 Å². The lowest BCUT2D eigenvalue weighted by atomic mass is 9.83. The van der Waals surface area contributed by atoms with E-state index in [0.717, 1.165) is 15.0 Å². The van der Waals surface area contributed by atoms with E-state index in [-0.39, 0.29) is 5.56 Å². The molecule has 0 atom stereocenters. The number of benzene rings is 2. The number of aromatic nitrogens is 2. The summed E-state index contributed by atoms with van der Waals surface area (Å²) in [6.07, 6.45) is 1.30. The zero-order chi connectivity index (χ0) is 24.7. The summed E-state index contributed by atoms with van der Waals surface area (Å²) >= 11 is 1.41. The second kappa shape index (κ2) is 8.48. The van der Waals surface area contributed by atoms with E-state index in [1.165, 1.54) is 17.7 Å². The summed E-state index contributed by atoms with van der Waals surface area (Å²) in [4.78, 5) is 58.2. The highest BCUT2D eigenvalue weighted by molar-refractivity contribution is 7.18. The Morgan fingerprint density at radius 2 is 1.60 bits per heavy atom. The molecule has 2 aromatic carbocycles. The molecule has 1 aliphatic heterocycles. The molecule has 0 bridgehead atoms. The molecule has 0 unspecified atom stereocenters. The van der Waals surface area contributed by atoms with Gasteiger partial charge in [0.2, 0.25) is 0 Å². The number of aryl methyl sites for hydroxylation is 2. The molecule has 1 fully saturated rings. The van der Waals surface area contributed by atoms with Gasteiger partial charge in [-0.2, -0.15) is 5.01 Å². The smallest absolute Gasteiger partial charge is 0.314 e. The quantitative estimate of drug-likeness (QED) is 0.420. The van der Waals surface area contributed by atoms with Gasteiger partial charge in [-0.05, 0) is 30.5 Å². The minimum absolute atomic E-state index is 0.355. The maximum Gasteiger partial charge on any atom is 0.344 e. The lowest BCUT2D eigenvalue weighted by molar-refractivity contribution is -0.138. The average molecular weight is 488 g/mol. The monoisotopic (exact) mass is 487 g/mol. The van der Waals surface area contributed by atoms with Crippen molar-refractivity contribution in [2.75, 3.05) is 0 Å². The number of hydrogen-bond acceptors (Lipinski definition) is 6. The summed E-state index contributed by atoms with van der Waals surface area (Å²) in [6, 6.07) is 16.9. The fraction of sp³-hybridized carbons (Fsp3) is 0.160. The number of hydrogen-bond donors (Lipinski definition) is 2. The van der Waals surface area contributed by atoms with Gasteiger partial charge in [0.05, 0.1) is 11.7 Å². The third kappa shape index (κ3) is 3.58. The summed E-state index contributed by atoms with van der Waals surface area (Å²) in [6.45, 7) is 3.33. The van der Waals surface area contributed by atoms with Crippen molar-refractivity contribution >= 4 is 39.4 Å². The molecule has 4 aromatic rings. The van der Waals surface area contributed by atoms with Crippen LogP contribution in [0.15, 0.2) is 71.8 Å². The molecule has 1 saturated heterocycles. The number of imide groups is 1. The van der Waals surface area contributed by atoms with Crippen LogP contribution in [-0.2, 0) is 21.7 Å². The number of rotatable bonds is 5. The molecular formula is C25H21N5O4S. The van der Waals surface area contributed by atoms with Crippen LogP contribution in [0.3, 0.4) is 0 Å². The standard InChI is InChI=1S/C25H21N5O4S/c1-15-16(2)35-21-20(15)22(32)29(14-26-21)13-19(31)28-30-23(33)25(27-24(30)34,17-9-5-3-6-10-17)18-11-7-4-8-12-18/h3-12,14H,13H2,1-2H3,(H,27,34)(H,28,31). The lowest BCUT2D eigenvalue weighted by Gasteiger charge is -2.27. The normalized spacial score (nSPS) is 14.9. The van der Waals surface area contributed by atoms with E-state index in [2.05, 4.69) is 15.7 Å².